The van der Waals surface area contributed by atoms with E-state index in [-0.39, 0.29) is 17.7 Å². The fraction of sp³-hybridized carbons (Fsp3) is 1.00. The van der Waals surface area contributed by atoms with E-state index in [1.807, 2.05) is 0 Å². The maximum Gasteiger partial charge on any atom is 0.0831 e. The number of nitrogens with one attached hydrogen (secondary N) is 1. The molecule has 0 aromatic carbocycles. The van der Waals surface area contributed by atoms with Crippen molar-refractivity contribution in [2.75, 3.05) is 32.8 Å². The fourth-order valence-corrected chi connectivity index (χ4v) is 2.36. The normalized spacial score (nSPS) is 38.8. The summed E-state index contributed by atoms with van der Waals surface area (Å²) in [5.74, 6) is 0. The Kier molecular flexibility index (Phi) is 2.79. The Morgan fingerprint density at radius 2 is 2.21 bits per heavy atom. The molecule has 14 heavy (non-hydrogen) atoms. The van der Waals surface area contributed by atoms with E-state index >= 15 is 0 Å². The molecule has 4 nitrogen and oxygen atoms in total. The number of aliphatic hydroxyl groups excluding tert-OH is 1. The lowest BCUT2D eigenvalue weighted by atomic mass is 10.0. The first-order valence-electron chi connectivity index (χ1n) is 5.35. The molecule has 2 atom stereocenters. The topological polar surface area (TPSA) is 44.7 Å². The van der Waals surface area contributed by atoms with Crippen LogP contribution in [0.4, 0.5) is 0 Å². The predicted molar refractivity (Wildman–Crippen MR) is 54.3 cm³/mol. The van der Waals surface area contributed by atoms with Crippen molar-refractivity contribution in [1.82, 2.24) is 10.2 Å². The van der Waals surface area contributed by atoms with E-state index in [1.165, 1.54) is 0 Å². The number of hydrogen-bond donors (Lipinski definition) is 2. The van der Waals surface area contributed by atoms with Crippen molar-refractivity contribution < 1.29 is 9.84 Å². The second-order valence-corrected chi connectivity index (χ2v) is 4.87. The van der Waals surface area contributed by atoms with Crippen molar-refractivity contribution in [2.45, 2.75) is 31.6 Å². The molecule has 82 valence electrons. The molecule has 2 N–H and O–H groups in total. The van der Waals surface area contributed by atoms with E-state index < -0.39 is 0 Å². The zero-order valence-corrected chi connectivity index (χ0v) is 8.99. The largest absolute Gasteiger partial charge is 0.390 e. The standard InChI is InChI=1S/C10H20N2O2/c1-10(2)7-12(3-4-14-10)8-5-11-6-9(8)13/h8-9,11,13H,3-7H2,1-2H3. The van der Waals surface area contributed by atoms with Gasteiger partial charge in [-0.2, -0.15) is 0 Å². The minimum Gasteiger partial charge on any atom is -0.390 e. The molecule has 0 radical (unpaired) electrons. The molecule has 0 bridgehead atoms. The van der Waals surface area contributed by atoms with Crippen LogP contribution in [0.3, 0.4) is 0 Å². The maximum atomic E-state index is 9.77. The summed E-state index contributed by atoms with van der Waals surface area (Å²) in [6, 6.07) is 0.276. The first kappa shape index (κ1) is 10.4. The van der Waals surface area contributed by atoms with Gasteiger partial charge in [-0.3, -0.25) is 4.90 Å². The lowest BCUT2D eigenvalue weighted by molar-refractivity contribution is -0.104. The van der Waals surface area contributed by atoms with E-state index in [4.69, 9.17) is 4.74 Å². The van der Waals surface area contributed by atoms with E-state index in [0.717, 1.165) is 32.8 Å². The first-order chi connectivity index (χ1) is 6.58. The predicted octanol–water partition coefficient (Wildman–Crippen LogP) is -0.570. The van der Waals surface area contributed by atoms with Gasteiger partial charge >= 0.3 is 0 Å². The molecule has 0 spiro atoms. The molecule has 2 aliphatic rings. The maximum absolute atomic E-state index is 9.77. The van der Waals surface area contributed by atoms with Gasteiger partial charge < -0.3 is 15.2 Å². The average molecular weight is 200 g/mol. The lowest BCUT2D eigenvalue weighted by Crippen LogP contribution is -2.55. The van der Waals surface area contributed by atoms with Gasteiger partial charge in [0.2, 0.25) is 0 Å². The Labute approximate surface area is 85.2 Å². The van der Waals surface area contributed by atoms with E-state index in [0.29, 0.717) is 0 Å². The third-order valence-electron chi connectivity index (χ3n) is 3.08. The van der Waals surface area contributed by atoms with Crippen LogP contribution in [0.1, 0.15) is 13.8 Å². The number of morpholine rings is 1. The monoisotopic (exact) mass is 200 g/mol. The highest BCUT2D eigenvalue weighted by molar-refractivity contribution is 4.92. The Morgan fingerprint density at radius 1 is 1.43 bits per heavy atom. The minimum absolute atomic E-state index is 0.0689. The van der Waals surface area contributed by atoms with Crippen LogP contribution < -0.4 is 5.32 Å². The molecule has 0 saturated carbocycles. The zero-order chi connectivity index (χ0) is 10.2. The molecule has 2 saturated heterocycles. The molecule has 2 aliphatic heterocycles. The van der Waals surface area contributed by atoms with Crippen molar-refractivity contribution in [2.24, 2.45) is 0 Å². The van der Waals surface area contributed by atoms with Crippen LogP contribution in [-0.4, -0.2) is 60.5 Å². The number of β-amino-alcohol motifs (C(OH)–C–C–N with tert-alkyl or cyclic N) is 1. The van der Waals surface area contributed by atoms with E-state index in [9.17, 15) is 5.11 Å². The summed E-state index contributed by atoms with van der Waals surface area (Å²) in [5.41, 5.74) is -0.0689. The minimum atomic E-state index is -0.219. The SMILES string of the molecule is CC1(C)CN(C2CNCC2O)CCO1. The van der Waals surface area contributed by atoms with Gasteiger partial charge in [0.15, 0.2) is 0 Å². The van der Waals surface area contributed by atoms with Gasteiger partial charge in [0, 0.05) is 32.2 Å². The quantitative estimate of drug-likeness (QED) is 0.595. The number of ether oxygens (including phenoxy) is 1. The molecule has 0 aromatic heterocycles. The summed E-state index contributed by atoms with van der Waals surface area (Å²) in [6.45, 7) is 8.46. The third kappa shape index (κ3) is 2.08. The van der Waals surface area contributed by atoms with Crippen LogP contribution in [0.15, 0.2) is 0 Å². The van der Waals surface area contributed by atoms with Gasteiger partial charge in [-0.1, -0.05) is 0 Å². The Morgan fingerprint density at radius 3 is 2.79 bits per heavy atom. The van der Waals surface area contributed by atoms with Crippen LogP contribution >= 0.6 is 0 Å². The molecule has 0 amide bonds. The van der Waals surface area contributed by atoms with Gasteiger partial charge in [-0.05, 0) is 13.8 Å². The van der Waals surface area contributed by atoms with Crippen molar-refractivity contribution in [1.29, 1.82) is 0 Å². The van der Waals surface area contributed by atoms with Crippen LogP contribution in [0.2, 0.25) is 0 Å². The summed E-state index contributed by atoms with van der Waals surface area (Å²) in [5, 5.41) is 13.0. The molecule has 0 aromatic rings. The van der Waals surface area contributed by atoms with Crippen LogP contribution in [0.5, 0.6) is 0 Å². The highest BCUT2D eigenvalue weighted by Crippen LogP contribution is 2.20. The summed E-state index contributed by atoms with van der Waals surface area (Å²) < 4.78 is 5.65. The molecular formula is C10H20N2O2. The molecule has 4 heteroatoms. The van der Waals surface area contributed by atoms with E-state index in [2.05, 4.69) is 24.1 Å². The van der Waals surface area contributed by atoms with Gasteiger partial charge in [0.05, 0.1) is 18.3 Å². The highest BCUT2D eigenvalue weighted by atomic mass is 16.5. The third-order valence-corrected chi connectivity index (χ3v) is 3.08. The van der Waals surface area contributed by atoms with E-state index in [1.54, 1.807) is 0 Å². The first-order valence-corrected chi connectivity index (χ1v) is 5.35. The number of hydrogen-bond acceptors (Lipinski definition) is 4. The Hall–Kier alpha value is -0.160. The van der Waals surface area contributed by atoms with Crippen LogP contribution in [0.25, 0.3) is 0 Å². The number of rotatable bonds is 1. The molecule has 2 unspecified atom stereocenters. The van der Waals surface area contributed by atoms with Gasteiger partial charge in [-0.25, -0.2) is 0 Å². The molecule has 2 heterocycles. The molecule has 2 rings (SSSR count). The number of nitrogens with zero attached hydrogens (tertiary/aromatic N) is 1. The molecular weight excluding hydrogens is 180 g/mol. The smallest absolute Gasteiger partial charge is 0.0831 e. The highest BCUT2D eigenvalue weighted by Gasteiger charge is 2.36. The summed E-state index contributed by atoms with van der Waals surface area (Å²) in [4.78, 5) is 2.34. The Balaban J connectivity index is 1.97. The van der Waals surface area contributed by atoms with Crippen LogP contribution in [-0.2, 0) is 4.74 Å². The summed E-state index contributed by atoms with van der Waals surface area (Å²) in [7, 11) is 0. The van der Waals surface area contributed by atoms with Crippen molar-refractivity contribution in [3.05, 3.63) is 0 Å². The zero-order valence-electron chi connectivity index (χ0n) is 8.99. The fourth-order valence-electron chi connectivity index (χ4n) is 2.36. The van der Waals surface area contributed by atoms with Crippen molar-refractivity contribution >= 4 is 0 Å². The summed E-state index contributed by atoms with van der Waals surface area (Å²) in [6.07, 6.45) is -0.219. The van der Waals surface area contributed by atoms with Crippen molar-refractivity contribution in [3.8, 4) is 0 Å². The average Bonchev–Trinajstić information content (AvgIpc) is 2.49. The van der Waals surface area contributed by atoms with Gasteiger partial charge in [0.25, 0.3) is 0 Å². The van der Waals surface area contributed by atoms with Gasteiger partial charge in [0.1, 0.15) is 0 Å². The Bertz CT molecular complexity index is 208. The second kappa shape index (κ2) is 3.77. The van der Waals surface area contributed by atoms with Gasteiger partial charge in [-0.15, -0.1) is 0 Å². The molecule has 2 fully saturated rings. The van der Waals surface area contributed by atoms with Crippen molar-refractivity contribution in [3.63, 3.8) is 0 Å². The summed E-state index contributed by atoms with van der Waals surface area (Å²) >= 11 is 0. The lowest BCUT2D eigenvalue weighted by Gasteiger charge is -2.41. The number of aliphatic hydroxyl groups is 1. The molecule has 0 aliphatic carbocycles. The van der Waals surface area contributed by atoms with Crippen LogP contribution in [0, 0.1) is 0 Å². The second-order valence-electron chi connectivity index (χ2n) is 4.87.